The third-order valence-electron chi connectivity index (χ3n) is 3.97. The molecule has 0 saturated carbocycles. The van der Waals surface area contributed by atoms with Gasteiger partial charge in [-0.2, -0.15) is 5.10 Å². The van der Waals surface area contributed by atoms with Gasteiger partial charge in [-0.1, -0.05) is 12.1 Å². The molecule has 3 rings (SSSR count). The number of nitrogens with two attached hydrogens (primary N) is 1. The first-order valence-corrected chi connectivity index (χ1v) is 7.82. The van der Waals surface area contributed by atoms with Gasteiger partial charge in [0.05, 0.1) is 11.2 Å². The zero-order valence-corrected chi connectivity index (χ0v) is 14.4. The van der Waals surface area contributed by atoms with E-state index in [9.17, 15) is 4.79 Å². The van der Waals surface area contributed by atoms with E-state index in [1.165, 1.54) is 6.08 Å². The molecular weight excluding hydrogens is 318 g/mol. The number of fused-ring (bicyclic) bond motifs is 1. The van der Waals surface area contributed by atoms with E-state index in [1.54, 1.807) is 10.8 Å². The lowest BCUT2D eigenvalue weighted by Gasteiger charge is -2.05. The van der Waals surface area contributed by atoms with E-state index in [2.05, 4.69) is 15.1 Å². The van der Waals surface area contributed by atoms with Crippen LogP contribution in [0.25, 0.3) is 17.0 Å². The van der Waals surface area contributed by atoms with Crippen LogP contribution < -0.4 is 5.73 Å². The van der Waals surface area contributed by atoms with Gasteiger partial charge in [-0.3, -0.25) is 4.68 Å². The average Bonchev–Trinajstić information content (AvgIpc) is 2.83. The van der Waals surface area contributed by atoms with Gasteiger partial charge in [0.2, 0.25) is 0 Å². The Balaban J connectivity index is 1.69. The topological polar surface area (TPSA) is 95.9 Å². The van der Waals surface area contributed by atoms with Crippen LogP contribution in [0.2, 0.25) is 0 Å². The standard InChI is InChI=1S/C18H19N5O2/c1-11-13(12(2)23(3)22-11)8-9-17(24)25-10-16-20-15-7-5-4-6-14(15)18(19)21-16/h4-9H,10H2,1-3H3,(H2,19,20,21). The van der Waals surface area contributed by atoms with Crippen molar-refractivity contribution in [2.75, 3.05) is 5.73 Å². The highest BCUT2D eigenvalue weighted by Crippen LogP contribution is 2.17. The van der Waals surface area contributed by atoms with Crippen molar-refractivity contribution < 1.29 is 9.53 Å². The molecule has 0 saturated heterocycles. The number of para-hydroxylation sites is 1. The molecule has 0 atom stereocenters. The SMILES string of the molecule is Cc1nn(C)c(C)c1C=CC(=O)OCc1nc(N)c2ccccc2n1. The summed E-state index contributed by atoms with van der Waals surface area (Å²) in [6.45, 7) is 3.80. The maximum atomic E-state index is 11.9. The number of carbonyl (C=O) groups is 1. The van der Waals surface area contributed by atoms with Crippen LogP contribution in [0.1, 0.15) is 22.8 Å². The Morgan fingerprint density at radius 3 is 2.76 bits per heavy atom. The Hall–Kier alpha value is -3.22. The summed E-state index contributed by atoms with van der Waals surface area (Å²) in [6, 6.07) is 7.43. The van der Waals surface area contributed by atoms with Crippen LogP contribution in [0.4, 0.5) is 5.82 Å². The molecule has 0 bridgehead atoms. The molecule has 128 valence electrons. The predicted molar refractivity (Wildman–Crippen MR) is 95.5 cm³/mol. The van der Waals surface area contributed by atoms with Crippen LogP contribution in [0.3, 0.4) is 0 Å². The molecular formula is C18H19N5O2. The van der Waals surface area contributed by atoms with Crippen molar-refractivity contribution in [1.29, 1.82) is 0 Å². The number of aryl methyl sites for hydroxylation is 2. The van der Waals surface area contributed by atoms with Crippen LogP contribution >= 0.6 is 0 Å². The number of esters is 1. The highest BCUT2D eigenvalue weighted by atomic mass is 16.5. The lowest BCUT2D eigenvalue weighted by Crippen LogP contribution is -2.06. The zero-order chi connectivity index (χ0) is 18.0. The Morgan fingerprint density at radius 2 is 2.04 bits per heavy atom. The normalized spacial score (nSPS) is 11.3. The number of carbonyl (C=O) groups excluding carboxylic acids is 1. The van der Waals surface area contributed by atoms with Gasteiger partial charge < -0.3 is 10.5 Å². The molecule has 0 amide bonds. The van der Waals surface area contributed by atoms with Crippen molar-refractivity contribution in [2.24, 2.45) is 7.05 Å². The minimum absolute atomic E-state index is 0.0385. The van der Waals surface area contributed by atoms with Crippen molar-refractivity contribution in [3.8, 4) is 0 Å². The highest BCUT2D eigenvalue weighted by molar-refractivity contribution is 5.88. The van der Waals surface area contributed by atoms with Gasteiger partial charge in [0.15, 0.2) is 12.4 Å². The van der Waals surface area contributed by atoms with Gasteiger partial charge in [0.25, 0.3) is 0 Å². The van der Waals surface area contributed by atoms with Crippen molar-refractivity contribution in [3.63, 3.8) is 0 Å². The van der Waals surface area contributed by atoms with Crippen LogP contribution in [-0.2, 0) is 23.2 Å². The molecule has 2 N–H and O–H groups in total. The van der Waals surface area contributed by atoms with Gasteiger partial charge >= 0.3 is 5.97 Å². The van der Waals surface area contributed by atoms with Gasteiger partial charge in [-0.25, -0.2) is 14.8 Å². The molecule has 7 heteroatoms. The van der Waals surface area contributed by atoms with E-state index in [0.717, 1.165) is 27.9 Å². The summed E-state index contributed by atoms with van der Waals surface area (Å²) in [5, 5.41) is 5.08. The number of benzene rings is 1. The number of hydrogen-bond donors (Lipinski definition) is 1. The Labute approximate surface area is 145 Å². The van der Waals surface area contributed by atoms with Gasteiger partial charge in [-0.05, 0) is 32.1 Å². The number of ether oxygens (including phenoxy) is 1. The molecule has 0 fully saturated rings. The molecule has 1 aromatic carbocycles. The molecule has 0 spiro atoms. The fourth-order valence-electron chi connectivity index (χ4n) is 2.58. The van der Waals surface area contributed by atoms with Crippen molar-refractivity contribution in [2.45, 2.75) is 20.5 Å². The number of rotatable bonds is 4. The molecule has 3 aromatic rings. The average molecular weight is 337 g/mol. The molecule has 25 heavy (non-hydrogen) atoms. The van der Waals surface area contributed by atoms with E-state index < -0.39 is 5.97 Å². The smallest absolute Gasteiger partial charge is 0.331 e. The molecule has 2 aromatic heterocycles. The zero-order valence-electron chi connectivity index (χ0n) is 14.4. The first-order valence-electron chi connectivity index (χ1n) is 7.82. The van der Waals surface area contributed by atoms with Crippen molar-refractivity contribution in [1.82, 2.24) is 19.7 Å². The fourth-order valence-corrected chi connectivity index (χ4v) is 2.58. The van der Waals surface area contributed by atoms with Gasteiger partial charge in [0, 0.05) is 29.8 Å². The molecule has 2 heterocycles. The largest absolute Gasteiger partial charge is 0.454 e. The first kappa shape index (κ1) is 16.6. The van der Waals surface area contributed by atoms with Crippen molar-refractivity contribution in [3.05, 3.63) is 53.1 Å². The number of aromatic nitrogens is 4. The second kappa shape index (κ2) is 6.72. The summed E-state index contributed by atoms with van der Waals surface area (Å²) in [5.41, 5.74) is 9.38. The van der Waals surface area contributed by atoms with E-state index in [4.69, 9.17) is 10.5 Å². The minimum Gasteiger partial charge on any atom is -0.454 e. The maximum absolute atomic E-state index is 11.9. The summed E-state index contributed by atoms with van der Waals surface area (Å²) < 4.78 is 6.98. The molecule has 0 aliphatic rings. The van der Waals surface area contributed by atoms with Gasteiger partial charge in [-0.15, -0.1) is 0 Å². The predicted octanol–water partition coefficient (Wildman–Crippen LogP) is 2.32. The number of nitrogen functional groups attached to an aromatic ring is 1. The van der Waals surface area contributed by atoms with Crippen molar-refractivity contribution >= 4 is 28.8 Å². The summed E-state index contributed by atoms with van der Waals surface area (Å²) in [7, 11) is 1.86. The summed E-state index contributed by atoms with van der Waals surface area (Å²) in [6.07, 6.45) is 3.08. The third-order valence-corrected chi connectivity index (χ3v) is 3.97. The lowest BCUT2D eigenvalue weighted by molar-refractivity contribution is -0.139. The minimum atomic E-state index is -0.474. The Bertz CT molecular complexity index is 975. The lowest BCUT2D eigenvalue weighted by atomic mass is 10.2. The van der Waals surface area contributed by atoms with E-state index in [1.807, 2.05) is 45.2 Å². The molecule has 0 unspecified atom stereocenters. The first-order chi connectivity index (χ1) is 12.0. The van der Waals surface area contributed by atoms with Gasteiger partial charge in [0.1, 0.15) is 5.82 Å². The third kappa shape index (κ3) is 3.50. The van der Waals surface area contributed by atoms with E-state index in [-0.39, 0.29) is 6.61 Å². The monoisotopic (exact) mass is 337 g/mol. The molecule has 0 aliphatic heterocycles. The van der Waals surface area contributed by atoms with Crippen LogP contribution in [0.5, 0.6) is 0 Å². The molecule has 0 aliphatic carbocycles. The second-order valence-corrected chi connectivity index (χ2v) is 5.69. The summed E-state index contributed by atoms with van der Waals surface area (Å²) in [5.74, 6) is 0.262. The second-order valence-electron chi connectivity index (χ2n) is 5.69. The number of hydrogen-bond acceptors (Lipinski definition) is 6. The molecule has 7 nitrogen and oxygen atoms in total. The van der Waals surface area contributed by atoms with Crippen LogP contribution in [0, 0.1) is 13.8 Å². The van der Waals surface area contributed by atoms with E-state index in [0.29, 0.717) is 11.6 Å². The van der Waals surface area contributed by atoms with Crippen LogP contribution in [0.15, 0.2) is 30.3 Å². The Morgan fingerprint density at radius 1 is 1.28 bits per heavy atom. The summed E-state index contributed by atoms with van der Waals surface area (Å²) in [4.78, 5) is 20.5. The molecule has 0 radical (unpaired) electrons. The fraction of sp³-hybridized carbons (Fsp3) is 0.222. The summed E-state index contributed by atoms with van der Waals surface area (Å²) >= 11 is 0. The van der Waals surface area contributed by atoms with Crippen LogP contribution in [-0.4, -0.2) is 25.7 Å². The maximum Gasteiger partial charge on any atom is 0.331 e. The highest BCUT2D eigenvalue weighted by Gasteiger charge is 2.09. The number of anilines is 1. The van der Waals surface area contributed by atoms with E-state index >= 15 is 0 Å². The Kier molecular flexibility index (Phi) is 4.47. The number of nitrogens with zero attached hydrogens (tertiary/aromatic N) is 4. The quantitative estimate of drug-likeness (QED) is 0.580.